The molecule has 0 saturated carbocycles. The molecule has 2 heterocycles. The van der Waals surface area contributed by atoms with Crippen LogP contribution in [0.2, 0.25) is 0 Å². The second-order valence-electron chi connectivity index (χ2n) is 16.1. The third kappa shape index (κ3) is 17.7. The Morgan fingerprint density at radius 3 is 2.15 bits per heavy atom. The van der Waals surface area contributed by atoms with Crippen LogP contribution in [0.15, 0.2) is 29.2 Å². The van der Waals surface area contributed by atoms with Crippen LogP contribution in [0.25, 0.3) is 0 Å². The SMILES string of the molecule is COc1ccc(S(=O)(=O)C(CC(=O)NO)C(=O)N[C@@H](C)C(=O)N[C@@H](CC(C)C)C(=O)NCC(=O)NCC(=O)N[C@@H](CCCCNC(=O)CCCC[C@@H]2SC[C@@H]3NC(=O)N[C@@H]32)C(N)=O)cc1. The topological polar surface area (TPSA) is 352 Å². The Kier molecular flexibility index (Phi) is 21.7. The highest BCUT2D eigenvalue weighted by Crippen LogP contribution is 2.33. The number of hydrogen-bond donors (Lipinski definition) is 11. The number of ether oxygens (including phenoxy) is 1. The summed E-state index contributed by atoms with van der Waals surface area (Å²) >= 11 is 1.83. The van der Waals surface area contributed by atoms with Gasteiger partial charge in [0.1, 0.15) is 23.9 Å². The molecular formula is C40H62N10O13S2. The highest BCUT2D eigenvalue weighted by atomic mass is 32.2. The van der Waals surface area contributed by atoms with E-state index < -0.39 is 94.1 Å². The van der Waals surface area contributed by atoms with Crippen LogP contribution in [0, 0.1) is 5.92 Å². The lowest BCUT2D eigenvalue weighted by Crippen LogP contribution is -2.55. The number of nitrogens with one attached hydrogen (secondary N) is 9. The molecule has 0 radical (unpaired) electrons. The van der Waals surface area contributed by atoms with E-state index in [1.807, 2.05) is 11.8 Å². The summed E-state index contributed by atoms with van der Waals surface area (Å²) < 4.78 is 31.8. The van der Waals surface area contributed by atoms with Gasteiger partial charge in [0.25, 0.3) is 0 Å². The Labute approximate surface area is 381 Å². The van der Waals surface area contributed by atoms with Crippen molar-refractivity contribution in [3.05, 3.63) is 24.3 Å². The number of amides is 10. The van der Waals surface area contributed by atoms with Crippen molar-refractivity contribution in [2.75, 3.05) is 32.5 Å². The van der Waals surface area contributed by atoms with E-state index in [9.17, 15) is 51.6 Å². The first kappa shape index (κ1) is 53.6. The first-order chi connectivity index (χ1) is 30.7. The smallest absolute Gasteiger partial charge is 0.315 e. The quantitative estimate of drug-likeness (QED) is 0.0187. The number of urea groups is 1. The van der Waals surface area contributed by atoms with Gasteiger partial charge in [-0.25, -0.2) is 18.7 Å². The van der Waals surface area contributed by atoms with Crippen molar-refractivity contribution in [2.45, 2.75) is 124 Å². The zero-order valence-electron chi connectivity index (χ0n) is 36.9. The number of primary amides is 1. The Hall–Kier alpha value is -5.69. The molecule has 1 aromatic rings. The molecule has 25 heteroatoms. The van der Waals surface area contributed by atoms with Crippen molar-refractivity contribution >= 4 is 74.9 Å². The van der Waals surface area contributed by atoms with E-state index in [1.165, 1.54) is 31.6 Å². The Morgan fingerprint density at radius 2 is 1.51 bits per heavy atom. The number of fused-ring (bicyclic) bond motifs is 1. The Morgan fingerprint density at radius 1 is 0.815 bits per heavy atom. The number of rotatable bonds is 28. The summed E-state index contributed by atoms with van der Waals surface area (Å²) in [5.41, 5.74) is 6.76. The summed E-state index contributed by atoms with van der Waals surface area (Å²) in [4.78, 5) is 112. The van der Waals surface area contributed by atoms with Gasteiger partial charge in [0.2, 0.25) is 47.3 Å². The largest absolute Gasteiger partial charge is 0.497 e. The molecule has 0 aliphatic carbocycles. The van der Waals surface area contributed by atoms with Gasteiger partial charge >= 0.3 is 6.03 Å². The third-order valence-electron chi connectivity index (χ3n) is 10.5. The van der Waals surface area contributed by atoms with Gasteiger partial charge in [-0.15, -0.1) is 0 Å². The van der Waals surface area contributed by atoms with E-state index in [4.69, 9.17) is 15.7 Å². The zero-order chi connectivity index (χ0) is 48.3. The standard InChI is InChI=1S/C40H62N10O13S2/c1-22(2)17-27(47-37(56)23(3)45-39(58)30(18-32(52)50-60)65(61,62)25-14-12-24(63-4)13-15-25)38(57)44-19-33(53)43-20-34(54)46-26(36(41)55)9-7-8-16-42-31(51)11-6-5-10-29-35-28(21-64-29)48-40(59)49-35/h12-15,22-23,26-30,35,60H,5-11,16-21H2,1-4H3,(H2,41,55)(H,42,51)(H,43,53)(H,44,57)(H,45,58)(H,46,54)(H,47,56)(H,50,52)(H2,48,49,59)/t23-,26-,27-,28-,29-,30?,35-/m0/s1. The molecule has 0 spiro atoms. The fraction of sp³-hybridized carbons (Fsp3) is 0.625. The van der Waals surface area contributed by atoms with E-state index in [-0.39, 0.29) is 47.7 Å². The number of carbonyl (C=O) groups excluding carboxylic acids is 9. The lowest BCUT2D eigenvalue weighted by Gasteiger charge is -2.24. The van der Waals surface area contributed by atoms with E-state index in [2.05, 4.69) is 42.5 Å². The fourth-order valence-corrected chi connectivity index (χ4v) is 10.1. The number of methoxy groups -OCH3 is 1. The van der Waals surface area contributed by atoms with Gasteiger partial charge in [0, 0.05) is 24.0 Å². The van der Waals surface area contributed by atoms with Crippen molar-refractivity contribution in [3.8, 4) is 5.75 Å². The summed E-state index contributed by atoms with van der Waals surface area (Å²) in [5.74, 6) is -5.46. The van der Waals surface area contributed by atoms with Gasteiger partial charge in [0.05, 0.1) is 43.6 Å². The normalized spacial score (nSPS) is 18.3. The summed E-state index contributed by atoms with van der Waals surface area (Å²) in [7, 11) is -3.18. The number of hydroxylamine groups is 1. The van der Waals surface area contributed by atoms with E-state index in [0.29, 0.717) is 43.2 Å². The summed E-state index contributed by atoms with van der Waals surface area (Å²) in [6, 6.07) is 1.43. The van der Waals surface area contributed by atoms with Crippen LogP contribution in [-0.2, 0) is 48.2 Å². The molecule has 7 atom stereocenters. The molecule has 3 rings (SSSR count). The van der Waals surface area contributed by atoms with Crippen LogP contribution in [0.4, 0.5) is 4.79 Å². The van der Waals surface area contributed by atoms with Crippen LogP contribution in [-0.4, -0.2) is 140 Å². The van der Waals surface area contributed by atoms with Crippen LogP contribution in [0.5, 0.6) is 5.75 Å². The number of sulfone groups is 1. The van der Waals surface area contributed by atoms with Gasteiger partial charge in [-0.05, 0) is 75.6 Å². The van der Waals surface area contributed by atoms with E-state index >= 15 is 0 Å². The van der Waals surface area contributed by atoms with Crippen LogP contribution < -0.4 is 58.5 Å². The number of thioether (sulfide) groups is 1. The minimum atomic E-state index is -4.54. The molecule has 2 aliphatic heterocycles. The summed E-state index contributed by atoms with van der Waals surface area (Å²) in [5, 5.41) is 27.9. The highest BCUT2D eigenvalue weighted by molar-refractivity contribution is 8.00. The molecule has 10 amide bonds. The first-order valence-corrected chi connectivity index (χ1v) is 23.8. The van der Waals surface area contributed by atoms with Crippen LogP contribution in [0.1, 0.15) is 78.6 Å². The predicted octanol–water partition coefficient (Wildman–Crippen LogP) is -2.02. The molecule has 2 aliphatic rings. The number of nitrogens with two attached hydrogens (primary N) is 1. The molecule has 362 valence electrons. The molecule has 2 fully saturated rings. The van der Waals surface area contributed by atoms with Crippen LogP contribution in [0.3, 0.4) is 0 Å². The van der Waals surface area contributed by atoms with Crippen molar-refractivity contribution in [1.82, 2.24) is 48.0 Å². The monoisotopic (exact) mass is 954 g/mol. The average molecular weight is 955 g/mol. The lowest BCUT2D eigenvalue weighted by molar-refractivity contribution is -0.134. The molecule has 12 N–H and O–H groups in total. The number of benzene rings is 1. The molecule has 0 aromatic heterocycles. The van der Waals surface area contributed by atoms with E-state index in [1.54, 1.807) is 13.8 Å². The molecule has 23 nitrogen and oxygen atoms in total. The highest BCUT2D eigenvalue weighted by Gasteiger charge is 2.42. The van der Waals surface area contributed by atoms with Gasteiger partial charge in [0.15, 0.2) is 15.1 Å². The number of carbonyl (C=O) groups is 9. The molecule has 1 unspecified atom stereocenters. The summed E-state index contributed by atoms with van der Waals surface area (Å²) in [6.07, 6.45) is 3.07. The zero-order valence-corrected chi connectivity index (χ0v) is 38.5. The summed E-state index contributed by atoms with van der Waals surface area (Å²) in [6.45, 7) is 3.93. The van der Waals surface area contributed by atoms with E-state index in [0.717, 1.165) is 30.7 Å². The minimum Gasteiger partial charge on any atom is -0.497 e. The van der Waals surface area contributed by atoms with Crippen LogP contribution >= 0.6 is 11.8 Å². The maximum atomic E-state index is 13.4. The Bertz CT molecular complexity index is 1970. The lowest BCUT2D eigenvalue weighted by atomic mass is 10.0. The third-order valence-corrected chi connectivity index (χ3v) is 14.1. The molecule has 2 saturated heterocycles. The van der Waals surface area contributed by atoms with Gasteiger partial charge in [-0.2, -0.15) is 11.8 Å². The maximum Gasteiger partial charge on any atom is 0.315 e. The second kappa shape index (κ2) is 26.3. The molecule has 1 aromatic carbocycles. The maximum absolute atomic E-state index is 13.4. The fourth-order valence-electron chi connectivity index (χ4n) is 6.99. The van der Waals surface area contributed by atoms with Crippen molar-refractivity contribution in [3.63, 3.8) is 0 Å². The molecule has 0 bridgehead atoms. The van der Waals surface area contributed by atoms with Gasteiger partial charge in [-0.3, -0.25) is 43.6 Å². The Balaban J connectivity index is 1.38. The molecular weight excluding hydrogens is 893 g/mol. The molecule has 65 heavy (non-hydrogen) atoms. The second-order valence-corrected chi connectivity index (χ2v) is 19.5. The number of hydrogen-bond acceptors (Lipinski definition) is 14. The van der Waals surface area contributed by atoms with Crippen molar-refractivity contribution < 1.29 is 61.5 Å². The first-order valence-electron chi connectivity index (χ1n) is 21.3. The minimum absolute atomic E-state index is 0.0801. The van der Waals surface area contributed by atoms with Crippen molar-refractivity contribution in [1.29, 1.82) is 0 Å². The average Bonchev–Trinajstić information content (AvgIpc) is 3.82. The van der Waals surface area contributed by atoms with Gasteiger partial charge in [-0.1, -0.05) is 20.3 Å². The predicted molar refractivity (Wildman–Crippen MR) is 235 cm³/mol. The van der Waals surface area contributed by atoms with Gasteiger partial charge < -0.3 is 53.0 Å². The number of unbranched alkanes of at least 4 members (excludes halogenated alkanes) is 2. The van der Waals surface area contributed by atoms with Crippen molar-refractivity contribution in [2.24, 2.45) is 11.7 Å².